The molecule has 0 saturated heterocycles. The zero-order valence-corrected chi connectivity index (χ0v) is 17.0. The van der Waals surface area contributed by atoms with Gasteiger partial charge in [-0.05, 0) is 43.3 Å². The van der Waals surface area contributed by atoms with Crippen LogP contribution in [-0.4, -0.2) is 37.4 Å². The summed E-state index contributed by atoms with van der Waals surface area (Å²) in [5.41, 5.74) is 2.55. The molecule has 2 heterocycles. The van der Waals surface area contributed by atoms with Crippen molar-refractivity contribution in [3.63, 3.8) is 0 Å². The predicted molar refractivity (Wildman–Crippen MR) is 111 cm³/mol. The fourth-order valence-corrected chi connectivity index (χ4v) is 3.42. The van der Waals surface area contributed by atoms with Gasteiger partial charge in [0.1, 0.15) is 5.75 Å². The largest absolute Gasteiger partial charge is 0.496 e. The number of hydrogen-bond donors (Lipinski definition) is 1. The van der Waals surface area contributed by atoms with E-state index in [0.717, 1.165) is 22.9 Å². The van der Waals surface area contributed by atoms with Crippen LogP contribution in [0.2, 0.25) is 5.02 Å². The summed E-state index contributed by atoms with van der Waals surface area (Å²) in [4.78, 5) is 16.9. The van der Waals surface area contributed by atoms with E-state index >= 15 is 0 Å². The van der Waals surface area contributed by atoms with Crippen molar-refractivity contribution >= 4 is 34.2 Å². The van der Waals surface area contributed by atoms with Gasteiger partial charge in [-0.3, -0.25) is 10.1 Å². The maximum absolute atomic E-state index is 12.5. The van der Waals surface area contributed by atoms with Crippen LogP contribution < -0.4 is 10.1 Å². The number of anilines is 1. The summed E-state index contributed by atoms with van der Waals surface area (Å²) >= 11 is 7.01. The Balaban J connectivity index is 1.57. The number of halogens is 1. The van der Waals surface area contributed by atoms with Crippen LogP contribution in [0.1, 0.15) is 16.1 Å². The topological polar surface area (TPSA) is 94.8 Å². The number of para-hydroxylation sites is 1. The number of benzene rings is 2. The van der Waals surface area contributed by atoms with Gasteiger partial charge in [0.15, 0.2) is 11.5 Å². The molecular weight excluding hydrogens is 412 g/mol. The summed E-state index contributed by atoms with van der Waals surface area (Å²) in [6.45, 7) is 1.87. The van der Waals surface area contributed by atoms with Gasteiger partial charge in [-0.25, -0.2) is 4.68 Å². The van der Waals surface area contributed by atoms with E-state index in [1.807, 2.05) is 19.1 Å². The Morgan fingerprint density at radius 1 is 1.17 bits per heavy atom. The Labute approximate surface area is 175 Å². The van der Waals surface area contributed by atoms with Crippen molar-refractivity contribution in [2.45, 2.75) is 6.92 Å². The fourth-order valence-electron chi connectivity index (χ4n) is 2.73. The number of amides is 1. The molecule has 0 aliphatic carbocycles. The van der Waals surface area contributed by atoms with Gasteiger partial charge in [-0.1, -0.05) is 28.9 Å². The highest BCUT2D eigenvalue weighted by atomic mass is 35.5. The summed E-state index contributed by atoms with van der Waals surface area (Å²) in [5, 5.41) is 12.1. The van der Waals surface area contributed by atoms with E-state index in [1.165, 1.54) is 7.11 Å². The maximum Gasteiger partial charge on any atom is 0.261 e. The number of carbonyl (C=O) groups excluding carboxylic acids is 1. The van der Waals surface area contributed by atoms with Crippen LogP contribution in [0.15, 0.2) is 48.5 Å². The summed E-state index contributed by atoms with van der Waals surface area (Å²) < 4.78 is 11.2. The minimum Gasteiger partial charge on any atom is -0.496 e. The zero-order valence-electron chi connectivity index (χ0n) is 15.5. The minimum absolute atomic E-state index is 0.327. The first-order chi connectivity index (χ1) is 14.1. The predicted octanol–water partition coefficient (Wildman–Crippen LogP) is 4.01. The first kappa shape index (κ1) is 19.0. The molecule has 4 rings (SSSR count). The van der Waals surface area contributed by atoms with E-state index in [1.54, 1.807) is 41.1 Å². The zero-order chi connectivity index (χ0) is 20.4. The monoisotopic (exact) mass is 426 g/mol. The smallest absolute Gasteiger partial charge is 0.261 e. The molecule has 0 saturated carbocycles. The lowest BCUT2D eigenvalue weighted by atomic mass is 10.2. The molecule has 4 aromatic rings. The SMILES string of the molecule is COc1ccccc1C(=O)Nc1nc(-c2nnn(-c3ccc(Cl)cc3)c2C)ns1. The first-order valence-corrected chi connectivity index (χ1v) is 9.68. The molecule has 8 nitrogen and oxygen atoms in total. The standard InChI is InChI=1S/C19H15ClN6O2S/c1-11-16(23-25-26(11)13-9-7-12(20)8-10-13)17-21-19(29-24-17)22-18(27)14-5-3-4-6-15(14)28-2/h3-10H,1-2H3,(H,21,22,24,27). The molecule has 2 aromatic heterocycles. The number of aromatic nitrogens is 5. The third kappa shape index (κ3) is 3.82. The molecule has 0 aliphatic rings. The van der Waals surface area contributed by atoms with Crippen molar-refractivity contribution in [1.82, 2.24) is 24.4 Å². The molecule has 0 bridgehead atoms. The molecule has 10 heteroatoms. The molecule has 0 radical (unpaired) electrons. The van der Waals surface area contributed by atoms with Crippen molar-refractivity contribution in [2.24, 2.45) is 0 Å². The summed E-state index contributed by atoms with van der Waals surface area (Å²) in [6, 6.07) is 14.2. The lowest BCUT2D eigenvalue weighted by Gasteiger charge is -2.06. The van der Waals surface area contributed by atoms with Crippen LogP contribution in [0.3, 0.4) is 0 Å². The van der Waals surface area contributed by atoms with Gasteiger partial charge in [0, 0.05) is 16.6 Å². The van der Waals surface area contributed by atoms with E-state index < -0.39 is 0 Å². The Bertz CT molecular complexity index is 1170. The van der Waals surface area contributed by atoms with E-state index in [4.69, 9.17) is 16.3 Å². The molecule has 29 heavy (non-hydrogen) atoms. The van der Waals surface area contributed by atoms with Gasteiger partial charge in [-0.2, -0.15) is 9.36 Å². The van der Waals surface area contributed by atoms with Gasteiger partial charge in [0.2, 0.25) is 5.13 Å². The number of hydrogen-bond acceptors (Lipinski definition) is 7. The second-order valence-electron chi connectivity index (χ2n) is 5.99. The van der Waals surface area contributed by atoms with Crippen LogP contribution in [0.25, 0.3) is 17.2 Å². The van der Waals surface area contributed by atoms with E-state index in [2.05, 4.69) is 25.0 Å². The molecule has 146 valence electrons. The third-order valence-corrected chi connectivity index (χ3v) is 5.06. The molecule has 2 aromatic carbocycles. The highest BCUT2D eigenvalue weighted by Crippen LogP contribution is 2.25. The molecular formula is C19H15ClN6O2S. The average Bonchev–Trinajstić information content (AvgIpc) is 3.35. The Morgan fingerprint density at radius 2 is 1.93 bits per heavy atom. The van der Waals surface area contributed by atoms with Gasteiger partial charge < -0.3 is 4.74 Å². The molecule has 0 aliphatic heterocycles. The lowest BCUT2D eigenvalue weighted by molar-refractivity contribution is 0.102. The average molecular weight is 427 g/mol. The highest BCUT2D eigenvalue weighted by Gasteiger charge is 2.19. The van der Waals surface area contributed by atoms with Crippen molar-refractivity contribution in [2.75, 3.05) is 12.4 Å². The third-order valence-electron chi connectivity index (χ3n) is 4.18. The normalized spacial score (nSPS) is 10.7. The van der Waals surface area contributed by atoms with Crippen molar-refractivity contribution in [3.8, 4) is 23.0 Å². The van der Waals surface area contributed by atoms with E-state index in [-0.39, 0.29) is 5.91 Å². The van der Waals surface area contributed by atoms with Crippen molar-refractivity contribution in [3.05, 3.63) is 64.8 Å². The second kappa shape index (κ2) is 7.98. The number of methoxy groups -OCH3 is 1. The van der Waals surface area contributed by atoms with Crippen LogP contribution in [0, 0.1) is 6.92 Å². The van der Waals surface area contributed by atoms with Gasteiger partial charge in [0.25, 0.3) is 5.91 Å². The van der Waals surface area contributed by atoms with Gasteiger partial charge in [0.05, 0.1) is 24.1 Å². The maximum atomic E-state index is 12.5. The van der Waals surface area contributed by atoms with E-state index in [0.29, 0.717) is 33.0 Å². The first-order valence-electron chi connectivity index (χ1n) is 8.53. The van der Waals surface area contributed by atoms with Crippen LogP contribution >= 0.6 is 23.1 Å². The highest BCUT2D eigenvalue weighted by molar-refractivity contribution is 7.10. The van der Waals surface area contributed by atoms with Crippen LogP contribution in [-0.2, 0) is 0 Å². The Hall–Kier alpha value is -3.30. The minimum atomic E-state index is -0.327. The summed E-state index contributed by atoms with van der Waals surface area (Å²) in [5.74, 6) is 0.547. The fraction of sp³-hybridized carbons (Fsp3) is 0.105. The van der Waals surface area contributed by atoms with E-state index in [9.17, 15) is 4.79 Å². The number of carbonyl (C=O) groups is 1. The van der Waals surface area contributed by atoms with Crippen LogP contribution in [0.5, 0.6) is 5.75 Å². The van der Waals surface area contributed by atoms with Gasteiger partial charge in [-0.15, -0.1) is 5.10 Å². The lowest BCUT2D eigenvalue weighted by Crippen LogP contribution is -2.12. The molecule has 0 fully saturated rings. The molecule has 1 N–H and O–H groups in total. The summed E-state index contributed by atoms with van der Waals surface area (Å²) in [7, 11) is 1.52. The molecule has 0 atom stereocenters. The molecule has 1 amide bonds. The number of nitrogens with zero attached hydrogens (tertiary/aromatic N) is 5. The number of ether oxygens (including phenoxy) is 1. The molecule has 0 unspecified atom stereocenters. The van der Waals surface area contributed by atoms with Gasteiger partial charge >= 0.3 is 0 Å². The number of rotatable bonds is 5. The Kier molecular flexibility index (Phi) is 5.24. The number of nitrogens with one attached hydrogen (secondary N) is 1. The summed E-state index contributed by atoms with van der Waals surface area (Å²) in [6.07, 6.45) is 0. The van der Waals surface area contributed by atoms with Crippen molar-refractivity contribution < 1.29 is 9.53 Å². The second-order valence-corrected chi connectivity index (χ2v) is 7.18. The van der Waals surface area contributed by atoms with Crippen LogP contribution in [0.4, 0.5) is 5.13 Å². The van der Waals surface area contributed by atoms with Crippen molar-refractivity contribution in [1.29, 1.82) is 0 Å². The molecule has 0 spiro atoms. The Morgan fingerprint density at radius 3 is 2.69 bits per heavy atom. The quantitative estimate of drug-likeness (QED) is 0.518.